The fourth-order valence-corrected chi connectivity index (χ4v) is 4.40. The predicted molar refractivity (Wildman–Crippen MR) is 118 cm³/mol. The van der Waals surface area contributed by atoms with Gasteiger partial charge in [0.2, 0.25) is 0 Å². The van der Waals surface area contributed by atoms with Crippen LogP contribution in [-0.4, -0.2) is 28.5 Å². The molecule has 1 N–H and O–H groups in total. The summed E-state index contributed by atoms with van der Waals surface area (Å²) in [6, 6.07) is 9.19. The van der Waals surface area contributed by atoms with E-state index in [9.17, 15) is 14.4 Å². The zero-order valence-electron chi connectivity index (χ0n) is 17.4. The highest BCUT2D eigenvalue weighted by molar-refractivity contribution is 7.20. The number of rotatable bonds is 8. The highest BCUT2D eigenvalue weighted by atomic mass is 32.1. The Labute approximate surface area is 178 Å². The first kappa shape index (κ1) is 21.7. The number of methoxy groups -OCH3 is 1. The van der Waals surface area contributed by atoms with Crippen LogP contribution in [-0.2, 0) is 22.5 Å². The second-order valence-electron chi connectivity index (χ2n) is 6.97. The van der Waals surface area contributed by atoms with E-state index in [1.807, 2.05) is 37.3 Å². The van der Waals surface area contributed by atoms with E-state index in [4.69, 9.17) is 4.98 Å². The van der Waals surface area contributed by atoms with Crippen molar-refractivity contribution in [1.29, 1.82) is 0 Å². The number of carbonyl (C=O) groups is 2. The Bertz CT molecular complexity index is 1120. The first-order valence-electron chi connectivity index (χ1n) is 9.92. The summed E-state index contributed by atoms with van der Waals surface area (Å²) in [5.41, 5.74) is 1.16. The smallest absolute Gasteiger partial charge is 0.305 e. The normalized spacial score (nSPS) is 10.9. The Balaban J connectivity index is 1.98. The number of ether oxygens (including phenoxy) is 1. The molecule has 2 heterocycles. The molecule has 0 saturated heterocycles. The molecule has 3 rings (SSSR count). The van der Waals surface area contributed by atoms with Gasteiger partial charge in [0.15, 0.2) is 0 Å². The molecule has 1 amide bonds. The number of amides is 1. The van der Waals surface area contributed by atoms with E-state index in [1.165, 1.54) is 18.4 Å². The molecule has 0 fully saturated rings. The van der Waals surface area contributed by atoms with Crippen LogP contribution in [0.25, 0.3) is 10.2 Å². The van der Waals surface area contributed by atoms with Gasteiger partial charge in [-0.05, 0) is 37.5 Å². The second-order valence-corrected chi connectivity index (χ2v) is 7.97. The maximum atomic E-state index is 13.3. The van der Waals surface area contributed by atoms with E-state index >= 15 is 0 Å². The Morgan fingerprint density at radius 1 is 1.23 bits per heavy atom. The molecule has 0 aliphatic rings. The molecule has 30 heavy (non-hydrogen) atoms. The number of nitrogens with one attached hydrogen (secondary N) is 1. The number of hydrogen-bond donors (Lipinski definition) is 1. The third-order valence-corrected chi connectivity index (χ3v) is 6.02. The van der Waals surface area contributed by atoms with Crippen LogP contribution < -0.4 is 10.9 Å². The number of aromatic nitrogens is 2. The summed E-state index contributed by atoms with van der Waals surface area (Å²) in [4.78, 5) is 43.2. The summed E-state index contributed by atoms with van der Waals surface area (Å²) >= 11 is 1.24. The molecule has 0 atom stereocenters. The van der Waals surface area contributed by atoms with Crippen molar-refractivity contribution in [3.05, 3.63) is 57.0 Å². The van der Waals surface area contributed by atoms with Gasteiger partial charge in [-0.3, -0.25) is 19.0 Å². The number of hydrogen-bond acceptors (Lipinski definition) is 6. The molecular weight excluding hydrogens is 402 g/mol. The Hall–Kier alpha value is -3.00. The summed E-state index contributed by atoms with van der Waals surface area (Å²) in [5, 5.41) is 3.34. The Morgan fingerprint density at radius 3 is 2.63 bits per heavy atom. The van der Waals surface area contributed by atoms with Crippen LogP contribution in [0.1, 0.15) is 47.2 Å². The van der Waals surface area contributed by atoms with Crippen molar-refractivity contribution in [2.45, 2.75) is 46.1 Å². The average Bonchev–Trinajstić information content (AvgIpc) is 3.07. The zero-order chi connectivity index (χ0) is 21.7. The highest BCUT2D eigenvalue weighted by Crippen LogP contribution is 2.28. The van der Waals surface area contributed by atoms with Crippen molar-refractivity contribution >= 4 is 39.1 Å². The predicted octanol–water partition coefficient (Wildman–Crippen LogP) is 3.92. The lowest BCUT2D eigenvalue weighted by atomic mass is 10.2. The Kier molecular flexibility index (Phi) is 6.99. The van der Waals surface area contributed by atoms with Crippen molar-refractivity contribution in [1.82, 2.24) is 9.55 Å². The van der Waals surface area contributed by atoms with E-state index in [0.29, 0.717) is 51.6 Å². The molecule has 7 nitrogen and oxygen atoms in total. The van der Waals surface area contributed by atoms with Gasteiger partial charge in [-0.2, -0.15) is 0 Å². The lowest BCUT2D eigenvalue weighted by Crippen LogP contribution is -2.26. The molecule has 0 aliphatic heterocycles. The first-order valence-corrected chi connectivity index (χ1v) is 10.7. The van der Waals surface area contributed by atoms with Gasteiger partial charge >= 0.3 is 5.97 Å². The van der Waals surface area contributed by atoms with Gasteiger partial charge in [-0.1, -0.05) is 25.1 Å². The van der Waals surface area contributed by atoms with Gasteiger partial charge < -0.3 is 10.1 Å². The number of para-hydroxylation sites is 1. The van der Waals surface area contributed by atoms with Gasteiger partial charge in [0.05, 0.1) is 17.4 Å². The minimum atomic E-state index is -0.305. The van der Waals surface area contributed by atoms with Crippen LogP contribution >= 0.6 is 11.3 Å². The molecule has 0 bridgehead atoms. The van der Waals surface area contributed by atoms with Crippen LogP contribution in [0.2, 0.25) is 0 Å². The van der Waals surface area contributed by atoms with E-state index in [1.54, 1.807) is 11.5 Å². The van der Waals surface area contributed by atoms with E-state index in [2.05, 4.69) is 10.1 Å². The highest BCUT2D eigenvalue weighted by Gasteiger charge is 2.21. The summed E-state index contributed by atoms with van der Waals surface area (Å²) in [7, 11) is 1.35. The number of benzene rings is 1. The summed E-state index contributed by atoms with van der Waals surface area (Å²) in [5.74, 6) is 0.118. The monoisotopic (exact) mass is 427 g/mol. The fraction of sp³-hybridized carbons (Fsp3) is 0.364. The molecule has 0 aliphatic carbocycles. The number of fused-ring (bicyclic) bond motifs is 1. The van der Waals surface area contributed by atoms with Crippen molar-refractivity contribution in [2.75, 3.05) is 12.4 Å². The second kappa shape index (κ2) is 9.67. The maximum absolute atomic E-state index is 13.3. The Morgan fingerprint density at radius 2 is 1.97 bits per heavy atom. The van der Waals surface area contributed by atoms with Gasteiger partial charge in [0, 0.05) is 25.1 Å². The van der Waals surface area contributed by atoms with E-state index in [-0.39, 0.29) is 23.9 Å². The molecular formula is C22H25N3O4S. The van der Waals surface area contributed by atoms with Gasteiger partial charge in [0.25, 0.3) is 11.5 Å². The van der Waals surface area contributed by atoms with Crippen molar-refractivity contribution < 1.29 is 14.3 Å². The number of aryl methyl sites for hydroxylation is 2. The molecule has 0 saturated carbocycles. The number of nitrogens with zero attached hydrogens (tertiary/aromatic N) is 2. The fourth-order valence-electron chi connectivity index (χ4n) is 3.31. The number of anilines is 1. The molecule has 0 unspecified atom stereocenters. The summed E-state index contributed by atoms with van der Waals surface area (Å²) < 4.78 is 6.31. The lowest BCUT2D eigenvalue weighted by molar-refractivity contribution is -0.140. The van der Waals surface area contributed by atoms with E-state index in [0.717, 1.165) is 6.42 Å². The summed E-state index contributed by atoms with van der Waals surface area (Å²) in [6.07, 6.45) is 2.20. The first-order chi connectivity index (χ1) is 14.5. The molecule has 2 aromatic heterocycles. The van der Waals surface area contributed by atoms with Gasteiger partial charge in [-0.25, -0.2) is 4.98 Å². The third kappa shape index (κ3) is 4.59. The summed E-state index contributed by atoms with van der Waals surface area (Å²) in [6.45, 7) is 4.18. The molecule has 1 aromatic carbocycles. The molecule has 0 spiro atoms. The SMILES string of the molecule is CCCc1nc2sc(C(=O)Nc3ccccc3)c(C)c2c(=O)n1CCCC(=O)OC. The van der Waals surface area contributed by atoms with Gasteiger partial charge in [0.1, 0.15) is 10.7 Å². The van der Waals surface area contributed by atoms with Gasteiger partial charge in [-0.15, -0.1) is 11.3 Å². The largest absolute Gasteiger partial charge is 0.469 e. The third-order valence-electron chi connectivity index (χ3n) is 4.83. The lowest BCUT2D eigenvalue weighted by Gasteiger charge is -2.11. The van der Waals surface area contributed by atoms with Crippen LogP contribution in [0.4, 0.5) is 5.69 Å². The molecule has 8 heteroatoms. The van der Waals surface area contributed by atoms with Crippen LogP contribution in [0.3, 0.4) is 0 Å². The topological polar surface area (TPSA) is 90.3 Å². The molecule has 3 aromatic rings. The van der Waals surface area contributed by atoms with Crippen molar-refractivity contribution in [2.24, 2.45) is 0 Å². The van der Waals surface area contributed by atoms with Crippen LogP contribution in [0.15, 0.2) is 35.1 Å². The van der Waals surface area contributed by atoms with Crippen LogP contribution in [0.5, 0.6) is 0 Å². The number of esters is 1. The van der Waals surface area contributed by atoms with Crippen LogP contribution in [0, 0.1) is 6.92 Å². The average molecular weight is 428 g/mol. The quantitative estimate of drug-likeness (QED) is 0.550. The van der Waals surface area contributed by atoms with E-state index < -0.39 is 0 Å². The zero-order valence-corrected chi connectivity index (χ0v) is 18.2. The minimum absolute atomic E-state index is 0.166. The minimum Gasteiger partial charge on any atom is -0.469 e. The molecule has 0 radical (unpaired) electrons. The van der Waals surface area contributed by atoms with Crippen molar-refractivity contribution in [3.63, 3.8) is 0 Å². The maximum Gasteiger partial charge on any atom is 0.305 e. The number of thiophene rings is 1. The standard InChI is InChI=1S/C22H25N3O4S/c1-4-9-16-24-21-18(22(28)25(16)13-8-12-17(26)29-3)14(2)19(30-21)20(27)23-15-10-6-5-7-11-15/h5-7,10-11H,4,8-9,12-13H2,1-3H3,(H,23,27). The molecule has 158 valence electrons. The van der Waals surface area contributed by atoms with Crippen molar-refractivity contribution in [3.8, 4) is 0 Å². The number of carbonyl (C=O) groups excluding carboxylic acids is 2.